The average Bonchev–Trinajstić information content (AvgIpc) is 2.69. The molecule has 2 saturated heterocycles. The van der Waals surface area contributed by atoms with E-state index in [9.17, 15) is 14.7 Å². The minimum atomic E-state index is -0.614. The number of esters is 1. The molecule has 0 aromatic rings. The fourth-order valence-corrected chi connectivity index (χ4v) is 3.52. The first-order chi connectivity index (χ1) is 7.58. The van der Waals surface area contributed by atoms with Crippen molar-refractivity contribution in [1.82, 2.24) is 4.90 Å². The molecule has 2 heterocycles. The molecule has 0 radical (unpaired) electrons. The molecule has 3 fully saturated rings. The van der Waals surface area contributed by atoms with Crippen LogP contribution in [0.25, 0.3) is 0 Å². The van der Waals surface area contributed by atoms with Crippen LogP contribution in [-0.2, 0) is 14.3 Å². The van der Waals surface area contributed by atoms with E-state index in [1.807, 2.05) is 0 Å². The zero-order chi connectivity index (χ0) is 11.5. The number of aliphatic hydroxyl groups is 1. The minimum Gasteiger partial charge on any atom is -0.452 e. The Morgan fingerprint density at radius 3 is 3.00 bits per heavy atom. The van der Waals surface area contributed by atoms with Crippen LogP contribution < -0.4 is 0 Å². The number of hydrogen-bond donors (Lipinski definition) is 1. The first-order valence-corrected chi connectivity index (χ1v) is 5.70. The molecule has 3 rings (SSSR count). The highest BCUT2D eigenvalue weighted by Gasteiger charge is 2.71. The predicted octanol–water partition coefficient (Wildman–Crippen LogP) is -0.326. The van der Waals surface area contributed by atoms with E-state index in [4.69, 9.17) is 4.74 Å². The second-order valence-electron chi connectivity index (χ2n) is 5.09. The number of aliphatic hydroxyl groups excluding tert-OH is 1. The fourth-order valence-electron chi connectivity index (χ4n) is 3.52. The highest BCUT2D eigenvalue weighted by molar-refractivity contribution is 5.88. The third-order valence-electron chi connectivity index (χ3n) is 4.17. The van der Waals surface area contributed by atoms with Crippen molar-refractivity contribution in [3.8, 4) is 0 Å². The van der Waals surface area contributed by atoms with Crippen molar-refractivity contribution in [3.63, 3.8) is 0 Å². The van der Waals surface area contributed by atoms with Gasteiger partial charge in [0, 0.05) is 13.3 Å². The molecule has 0 unspecified atom stereocenters. The Hall–Kier alpha value is -1.10. The Labute approximate surface area is 93.4 Å². The van der Waals surface area contributed by atoms with E-state index in [2.05, 4.69) is 0 Å². The van der Waals surface area contributed by atoms with Crippen LogP contribution >= 0.6 is 0 Å². The number of ether oxygens (including phenoxy) is 1. The Bertz CT molecular complexity index is 369. The van der Waals surface area contributed by atoms with Crippen molar-refractivity contribution in [1.29, 1.82) is 0 Å². The zero-order valence-corrected chi connectivity index (χ0v) is 9.18. The molecule has 4 atom stereocenters. The minimum absolute atomic E-state index is 0.0107. The standard InChI is InChI=1S/C11H15NO4/c1-6(14)16-9-4-11-3-7(11)2-8(5-13)12(11)10(9)15/h7-9,13H,2-5H2,1H3/t7-,8-,9-,11-/m1/s1. The summed E-state index contributed by atoms with van der Waals surface area (Å²) in [4.78, 5) is 24.7. The number of nitrogens with zero attached hydrogens (tertiary/aromatic N) is 1. The zero-order valence-electron chi connectivity index (χ0n) is 9.18. The van der Waals surface area contributed by atoms with Gasteiger partial charge in [-0.1, -0.05) is 0 Å². The molecule has 3 aliphatic rings. The summed E-state index contributed by atoms with van der Waals surface area (Å²) in [5.74, 6) is -0.0166. The van der Waals surface area contributed by atoms with Crippen molar-refractivity contribution in [3.05, 3.63) is 0 Å². The van der Waals surface area contributed by atoms with Gasteiger partial charge in [-0.25, -0.2) is 0 Å². The second kappa shape index (κ2) is 2.97. The van der Waals surface area contributed by atoms with Crippen molar-refractivity contribution >= 4 is 11.9 Å². The molecule has 1 saturated carbocycles. The van der Waals surface area contributed by atoms with Gasteiger partial charge in [0.25, 0.3) is 5.91 Å². The summed E-state index contributed by atoms with van der Waals surface area (Å²) in [6, 6.07) is -0.0631. The monoisotopic (exact) mass is 225 g/mol. The van der Waals surface area contributed by atoms with Crippen LogP contribution in [0.5, 0.6) is 0 Å². The van der Waals surface area contributed by atoms with E-state index in [1.165, 1.54) is 6.92 Å². The van der Waals surface area contributed by atoms with Gasteiger partial charge >= 0.3 is 5.97 Å². The molecule has 5 nitrogen and oxygen atoms in total. The molecule has 0 aromatic carbocycles. The van der Waals surface area contributed by atoms with Gasteiger partial charge in [-0.2, -0.15) is 0 Å². The summed E-state index contributed by atoms with van der Waals surface area (Å²) >= 11 is 0. The lowest BCUT2D eigenvalue weighted by molar-refractivity contribution is -0.155. The van der Waals surface area contributed by atoms with Crippen LogP contribution in [0.2, 0.25) is 0 Å². The molecule has 2 aliphatic heterocycles. The van der Waals surface area contributed by atoms with E-state index in [0.29, 0.717) is 12.3 Å². The number of piperidine rings is 1. The van der Waals surface area contributed by atoms with Crippen molar-refractivity contribution < 1.29 is 19.4 Å². The topological polar surface area (TPSA) is 66.8 Å². The molecule has 1 N–H and O–H groups in total. The van der Waals surface area contributed by atoms with Crippen LogP contribution in [0, 0.1) is 5.92 Å². The molecule has 1 amide bonds. The maximum atomic E-state index is 12.1. The average molecular weight is 225 g/mol. The number of amides is 1. The van der Waals surface area contributed by atoms with E-state index in [-0.39, 0.29) is 24.1 Å². The van der Waals surface area contributed by atoms with Gasteiger partial charge in [-0.3, -0.25) is 9.59 Å². The number of hydrogen-bond acceptors (Lipinski definition) is 4. The number of rotatable bonds is 2. The van der Waals surface area contributed by atoms with Crippen molar-refractivity contribution in [2.75, 3.05) is 6.61 Å². The van der Waals surface area contributed by atoms with Crippen LogP contribution in [0.3, 0.4) is 0 Å². The third-order valence-corrected chi connectivity index (χ3v) is 4.17. The summed E-state index contributed by atoms with van der Waals surface area (Å²) in [5, 5.41) is 9.23. The Balaban J connectivity index is 1.82. The Kier molecular flexibility index (Phi) is 1.87. The first kappa shape index (κ1) is 10.1. The normalized spacial score (nSPS) is 44.2. The predicted molar refractivity (Wildman–Crippen MR) is 53.3 cm³/mol. The summed E-state index contributed by atoms with van der Waals surface area (Å²) in [7, 11) is 0. The lowest BCUT2D eigenvalue weighted by atomic mass is 10.1. The molecular formula is C11H15NO4. The third kappa shape index (κ3) is 1.09. The summed E-state index contributed by atoms with van der Waals surface area (Å²) in [6.07, 6.45) is 1.91. The highest BCUT2D eigenvalue weighted by Crippen LogP contribution is 2.63. The van der Waals surface area contributed by atoms with Gasteiger partial charge in [0.1, 0.15) is 0 Å². The molecule has 5 heteroatoms. The molecule has 16 heavy (non-hydrogen) atoms. The van der Waals surface area contributed by atoms with Gasteiger partial charge in [0.2, 0.25) is 0 Å². The van der Waals surface area contributed by atoms with Crippen LogP contribution in [0.15, 0.2) is 0 Å². The number of carbonyl (C=O) groups is 2. The van der Waals surface area contributed by atoms with Gasteiger partial charge in [-0.15, -0.1) is 0 Å². The van der Waals surface area contributed by atoms with Gasteiger partial charge in [-0.05, 0) is 18.8 Å². The molecular weight excluding hydrogens is 210 g/mol. The van der Waals surface area contributed by atoms with Crippen LogP contribution in [0.1, 0.15) is 26.2 Å². The van der Waals surface area contributed by atoms with Crippen molar-refractivity contribution in [2.45, 2.75) is 43.9 Å². The van der Waals surface area contributed by atoms with E-state index in [1.54, 1.807) is 4.90 Å². The van der Waals surface area contributed by atoms with Gasteiger partial charge in [0.15, 0.2) is 6.10 Å². The smallest absolute Gasteiger partial charge is 0.303 e. The Morgan fingerprint density at radius 2 is 2.38 bits per heavy atom. The summed E-state index contributed by atoms with van der Waals surface area (Å²) in [6.45, 7) is 1.33. The molecule has 1 aliphatic carbocycles. The van der Waals surface area contributed by atoms with E-state index < -0.39 is 12.1 Å². The lowest BCUT2D eigenvalue weighted by Gasteiger charge is -2.26. The first-order valence-electron chi connectivity index (χ1n) is 5.70. The van der Waals surface area contributed by atoms with Gasteiger partial charge in [0.05, 0.1) is 18.2 Å². The SMILES string of the molecule is CC(=O)O[C@@H]1C[C@]23C[C@H]2C[C@H](CO)N3C1=O. The lowest BCUT2D eigenvalue weighted by Crippen LogP contribution is -2.42. The molecule has 0 aromatic heterocycles. The quantitative estimate of drug-likeness (QED) is 0.654. The van der Waals surface area contributed by atoms with Crippen LogP contribution in [0.4, 0.5) is 0 Å². The maximum Gasteiger partial charge on any atom is 0.303 e. The molecule has 0 bridgehead atoms. The largest absolute Gasteiger partial charge is 0.452 e. The van der Waals surface area contributed by atoms with Crippen molar-refractivity contribution in [2.24, 2.45) is 5.92 Å². The molecule has 88 valence electrons. The fraction of sp³-hybridized carbons (Fsp3) is 0.818. The maximum absolute atomic E-state index is 12.1. The van der Waals surface area contributed by atoms with Gasteiger partial charge < -0.3 is 14.7 Å². The molecule has 1 spiro atoms. The summed E-state index contributed by atoms with van der Waals surface area (Å²) < 4.78 is 5.03. The Morgan fingerprint density at radius 1 is 1.62 bits per heavy atom. The number of carbonyl (C=O) groups excluding carboxylic acids is 2. The highest BCUT2D eigenvalue weighted by atomic mass is 16.5. The van der Waals surface area contributed by atoms with Crippen LogP contribution in [-0.4, -0.2) is 46.2 Å². The van der Waals surface area contributed by atoms with E-state index in [0.717, 1.165) is 12.8 Å². The second-order valence-corrected chi connectivity index (χ2v) is 5.09. The van der Waals surface area contributed by atoms with E-state index >= 15 is 0 Å². The summed E-state index contributed by atoms with van der Waals surface area (Å²) in [5.41, 5.74) is -0.0788.